The number of halogens is 2. The van der Waals surface area contributed by atoms with E-state index in [2.05, 4.69) is 20.5 Å². The van der Waals surface area contributed by atoms with E-state index in [1.165, 1.54) is 19.2 Å². The van der Waals surface area contributed by atoms with Gasteiger partial charge in [-0.1, -0.05) is 6.07 Å². The summed E-state index contributed by atoms with van der Waals surface area (Å²) in [5.41, 5.74) is -0.131. The van der Waals surface area contributed by atoms with Gasteiger partial charge in [-0.15, -0.1) is 0 Å². The van der Waals surface area contributed by atoms with Gasteiger partial charge >= 0.3 is 6.61 Å². The van der Waals surface area contributed by atoms with E-state index < -0.39 is 12.2 Å². The lowest BCUT2D eigenvalue weighted by atomic mass is 9.87. The SMILES string of the molecule is COc1ccc(CNC(=O)C2(n3cccn3)CCNCC2)cc1OC(F)F. The van der Waals surface area contributed by atoms with Crippen molar-refractivity contribution in [3.8, 4) is 11.5 Å². The highest BCUT2D eigenvalue weighted by molar-refractivity contribution is 5.84. The minimum absolute atomic E-state index is 0.0668. The van der Waals surface area contributed by atoms with Crippen molar-refractivity contribution in [2.24, 2.45) is 0 Å². The predicted octanol–water partition coefficient (Wildman–Crippen LogP) is 1.89. The molecule has 0 unspecified atom stereocenters. The summed E-state index contributed by atoms with van der Waals surface area (Å²) >= 11 is 0. The molecule has 146 valence electrons. The van der Waals surface area contributed by atoms with Crippen LogP contribution in [0, 0.1) is 0 Å². The van der Waals surface area contributed by atoms with Crippen molar-refractivity contribution < 1.29 is 23.0 Å². The summed E-state index contributed by atoms with van der Waals surface area (Å²) in [5.74, 6) is -0.0144. The number of hydrogen-bond acceptors (Lipinski definition) is 5. The molecule has 0 spiro atoms. The topological polar surface area (TPSA) is 77.4 Å². The van der Waals surface area contributed by atoms with Crippen LogP contribution >= 0.6 is 0 Å². The Balaban J connectivity index is 1.74. The maximum absolute atomic E-state index is 13.0. The summed E-state index contributed by atoms with van der Waals surface area (Å²) < 4.78 is 36.3. The molecule has 0 bridgehead atoms. The van der Waals surface area contributed by atoms with Crippen LogP contribution in [0.2, 0.25) is 0 Å². The number of rotatable bonds is 7. The van der Waals surface area contributed by atoms with Crippen molar-refractivity contribution in [2.45, 2.75) is 31.5 Å². The quantitative estimate of drug-likeness (QED) is 0.767. The first-order chi connectivity index (χ1) is 13.0. The number of carbonyl (C=O) groups excluding carboxylic acids is 1. The van der Waals surface area contributed by atoms with E-state index in [0.29, 0.717) is 31.5 Å². The van der Waals surface area contributed by atoms with Gasteiger partial charge in [0.05, 0.1) is 7.11 Å². The molecule has 0 radical (unpaired) electrons. The Labute approximate surface area is 155 Å². The fraction of sp³-hybridized carbons (Fsp3) is 0.444. The van der Waals surface area contributed by atoms with Gasteiger partial charge in [-0.25, -0.2) is 0 Å². The lowest BCUT2D eigenvalue weighted by Gasteiger charge is -2.36. The molecule has 7 nitrogen and oxygen atoms in total. The molecule has 1 aliphatic rings. The monoisotopic (exact) mass is 380 g/mol. The zero-order chi connectivity index (χ0) is 19.3. The van der Waals surface area contributed by atoms with Gasteiger partial charge in [0.15, 0.2) is 11.5 Å². The molecule has 1 fully saturated rings. The number of amides is 1. The fourth-order valence-electron chi connectivity index (χ4n) is 3.29. The van der Waals surface area contributed by atoms with Crippen molar-refractivity contribution in [2.75, 3.05) is 20.2 Å². The predicted molar refractivity (Wildman–Crippen MR) is 93.8 cm³/mol. The second kappa shape index (κ2) is 8.34. The van der Waals surface area contributed by atoms with Crippen LogP contribution in [0.25, 0.3) is 0 Å². The molecule has 9 heteroatoms. The van der Waals surface area contributed by atoms with E-state index in [0.717, 1.165) is 0 Å². The second-order valence-corrected chi connectivity index (χ2v) is 6.28. The van der Waals surface area contributed by atoms with Crippen LogP contribution in [0.3, 0.4) is 0 Å². The smallest absolute Gasteiger partial charge is 0.387 e. The first kappa shape index (κ1) is 19.1. The Morgan fingerprint density at radius 3 is 2.78 bits per heavy atom. The first-order valence-electron chi connectivity index (χ1n) is 8.66. The number of aromatic nitrogens is 2. The Bertz CT molecular complexity index is 762. The number of ether oxygens (including phenoxy) is 2. The molecule has 1 aromatic carbocycles. The zero-order valence-corrected chi connectivity index (χ0v) is 15.0. The Morgan fingerprint density at radius 2 is 2.15 bits per heavy atom. The number of alkyl halides is 2. The molecule has 0 atom stereocenters. The molecule has 1 amide bonds. The van der Waals surface area contributed by atoms with Crippen LogP contribution in [0.5, 0.6) is 11.5 Å². The first-order valence-corrected chi connectivity index (χ1v) is 8.66. The molecule has 1 saturated heterocycles. The molecule has 2 heterocycles. The van der Waals surface area contributed by atoms with E-state index >= 15 is 0 Å². The van der Waals surface area contributed by atoms with E-state index in [1.807, 2.05) is 0 Å². The number of nitrogens with one attached hydrogen (secondary N) is 2. The van der Waals surface area contributed by atoms with Crippen LogP contribution in [0.1, 0.15) is 18.4 Å². The largest absolute Gasteiger partial charge is 0.493 e. The Hall–Kier alpha value is -2.68. The molecule has 1 aromatic heterocycles. The number of nitrogens with zero attached hydrogens (tertiary/aromatic N) is 2. The Kier molecular flexibility index (Phi) is 5.90. The van der Waals surface area contributed by atoms with E-state index in [1.54, 1.807) is 29.2 Å². The standard InChI is InChI=1S/C18H22F2N4O3/c1-26-14-4-3-13(11-15(14)27-17(19)20)12-22-16(25)18(5-8-21-9-6-18)24-10-2-7-23-24/h2-4,7,10-11,17,21H,5-6,8-9,12H2,1H3,(H,22,25). The number of carbonyl (C=O) groups is 1. The third kappa shape index (κ3) is 4.19. The summed E-state index contributed by atoms with van der Waals surface area (Å²) in [5, 5.41) is 10.4. The number of methoxy groups -OCH3 is 1. The third-order valence-electron chi connectivity index (χ3n) is 4.69. The lowest BCUT2D eigenvalue weighted by molar-refractivity contribution is -0.132. The third-order valence-corrected chi connectivity index (χ3v) is 4.69. The Morgan fingerprint density at radius 1 is 1.37 bits per heavy atom. The van der Waals surface area contributed by atoms with Gasteiger partial charge in [-0.2, -0.15) is 13.9 Å². The van der Waals surface area contributed by atoms with Crippen LogP contribution < -0.4 is 20.1 Å². The molecule has 3 rings (SSSR count). The van der Waals surface area contributed by atoms with Gasteiger partial charge in [0.1, 0.15) is 5.54 Å². The van der Waals surface area contributed by atoms with Crippen molar-refractivity contribution >= 4 is 5.91 Å². The summed E-state index contributed by atoms with van der Waals surface area (Å²) in [6.45, 7) is -1.36. The molecule has 27 heavy (non-hydrogen) atoms. The van der Waals surface area contributed by atoms with Crippen molar-refractivity contribution in [3.05, 3.63) is 42.2 Å². The van der Waals surface area contributed by atoms with Crippen molar-refractivity contribution in [1.82, 2.24) is 20.4 Å². The minimum Gasteiger partial charge on any atom is -0.493 e. The average molecular weight is 380 g/mol. The maximum atomic E-state index is 13.0. The molecule has 2 aromatic rings. The van der Waals surface area contributed by atoms with Crippen LogP contribution in [-0.2, 0) is 16.9 Å². The van der Waals surface area contributed by atoms with Gasteiger partial charge in [-0.05, 0) is 49.7 Å². The molecular formula is C18H22F2N4O3. The normalized spacial score (nSPS) is 16.1. The number of benzene rings is 1. The molecule has 0 saturated carbocycles. The molecule has 1 aliphatic heterocycles. The average Bonchev–Trinajstić information content (AvgIpc) is 3.21. The van der Waals surface area contributed by atoms with Crippen molar-refractivity contribution in [1.29, 1.82) is 0 Å². The lowest BCUT2D eigenvalue weighted by Crippen LogP contribution is -2.54. The van der Waals surface area contributed by atoms with Gasteiger partial charge in [0.2, 0.25) is 5.91 Å². The van der Waals surface area contributed by atoms with Crippen LogP contribution in [0.4, 0.5) is 8.78 Å². The summed E-state index contributed by atoms with van der Waals surface area (Å²) in [6, 6.07) is 6.45. The summed E-state index contributed by atoms with van der Waals surface area (Å²) in [4.78, 5) is 13.0. The molecular weight excluding hydrogens is 358 g/mol. The second-order valence-electron chi connectivity index (χ2n) is 6.28. The van der Waals surface area contributed by atoms with Crippen LogP contribution in [0.15, 0.2) is 36.7 Å². The highest BCUT2D eigenvalue weighted by atomic mass is 19.3. The number of piperidine rings is 1. The van der Waals surface area contributed by atoms with Gasteiger partial charge in [-0.3, -0.25) is 9.48 Å². The van der Waals surface area contributed by atoms with E-state index in [4.69, 9.17) is 4.74 Å². The van der Waals surface area contributed by atoms with Crippen molar-refractivity contribution in [3.63, 3.8) is 0 Å². The fourth-order valence-corrected chi connectivity index (χ4v) is 3.29. The summed E-state index contributed by atoms with van der Waals surface area (Å²) in [7, 11) is 1.38. The van der Waals surface area contributed by atoms with Gasteiger partial charge in [0, 0.05) is 18.9 Å². The summed E-state index contributed by atoms with van der Waals surface area (Å²) in [6.07, 6.45) is 4.66. The maximum Gasteiger partial charge on any atom is 0.387 e. The molecule has 0 aliphatic carbocycles. The van der Waals surface area contributed by atoms with Gasteiger partial charge in [0.25, 0.3) is 0 Å². The highest BCUT2D eigenvalue weighted by Crippen LogP contribution is 2.30. The van der Waals surface area contributed by atoms with E-state index in [-0.39, 0.29) is 24.0 Å². The highest BCUT2D eigenvalue weighted by Gasteiger charge is 2.41. The molecule has 2 N–H and O–H groups in total. The van der Waals surface area contributed by atoms with Gasteiger partial charge < -0.3 is 20.1 Å². The number of hydrogen-bond donors (Lipinski definition) is 2. The minimum atomic E-state index is -2.96. The zero-order valence-electron chi connectivity index (χ0n) is 15.0. The van der Waals surface area contributed by atoms with E-state index in [9.17, 15) is 13.6 Å². The van der Waals surface area contributed by atoms with Crippen LogP contribution in [-0.4, -0.2) is 42.5 Å².